The van der Waals surface area contributed by atoms with E-state index in [0.717, 1.165) is 11.8 Å². The van der Waals surface area contributed by atoms with Gasteiger partial charge in [0.2, 0.25) is 5.91 Å². The number of anilines is 2. The van der Waals surface area contributed by atoms with Crippen molar-refractivity contribution in [3.05, 3.63) is 23.2 Å². The number of rotatable bonds is 3. The zero-order valence-corrected chi connectivity index (χ0v) is 12.6. The van der Waals surface area contributed by atoms with Gasteiger partial charge < -0.3 is 10.6 Å². The third-order valence-corrected chi connectivity index (χ3v) is 5.28. The molecule has 2 fully saturated rings. The van der Waals surface area contributed by atoms with Crippen LogP contribution in [0.3, 0.4) is 0 Å². The zero-order valence-electron chi connectivity index (χ0n) is 11.8. The second kappa shape index (κ2) is 5.28. The SMILES string of the molecule is CN(C(=O)CC1CC2CCC1C2)c1cc(Cl)ccc1N. The van der Waals surface area contributed by atoms with Crippen LogP contribution >= 0.6 is 11.6 Å². The van der Waals surface area contributed by atoms with Crippen LogP contribution in [0.15, 0.2) is 18.2 Å². The Labute approximate surface area is 125 Å². The number of amides is 1. The molecular weight excluding hydrogens is 272 g/mol. The van der Waals surface area contributed by atoms with Gasteiger partial charge in [0.15, 0.2) is 0 Å². The normalized spacial score (nSPS) is 27.8. The smallest absolute Gasteiger partial charge is 0.227 e. The highest BCUT2D eigenvalue weighted by atomic mass is 35.5. The van der Waals surface area contributed by atoms with Gasteiger partial charge in [-0.3, -0.25) is 4.79 Å². The fraction of sp³-hybridized carbons (Fsp3) is 0.562. The number of carbonyl (C=O) groups is 1. The molecule has 2 bridgehead atoms. The number of benzene rings is 1. The molecule has 1 aromatic rings. The first-order valence-electron chi connectivity index (χ1n) is 7.36. The molecule has 0 aromatic heterocycles. The monoisotopic (exact) mass is 292 g/mol. The van der Waals surface area contributed by atoms with Crippen LogP contribution in [0.25, 0.3) is 0 Å². The fourth-order valence-corrected chi connectivity index (χ4v) is 4.10. The molecule has 2 aliphatic carbocycles. The van der Waals surface area contributed by atoms with Crippen molar-refractivity contribution in [3.63, 3.8) is 0 Å². The van der Waals surface area contributed by atoms with Crippen molar-refractivity contribution in [3.8, 4) is 0 Å². The summed E-state index contributed by atoms with van der Waals surface area (Å²) in [5, 5.41) is 0.605. The number of halogens is 1. The highest BCUT2D eigenvalue weighted by molar-refractivity contribution is 6.31. The molecule has 4 heteroatoms. The Morgan fingerprint density at radius 2 is 2.20 bits per heavy atom. The Bertz CT molecular complexity index is 531. The molecule has 0 saturated heterocycles. The zero-order chi connectivity index (χ0) is 14.3. The lowest BCUT2D eigenvalue weighted by Crippen LogP contribution is -2.30. The van der Waals surface area contributed by atoms with Crippen LogP contribution < -0.4 is 10.6 Å². The van der Waals surface area contributed by atoms with Gasteiger partial charge in [0.25, 0.3) is 0 Å². The number of hydrogen-bond donors (Lipinski definition) is 1. The summed E-state index contributed by atoms with van der Waals surface area (Å²) < 4.78 is 0. The van der Waals surface area contributed by atoms with Gasteiger partial charge in [0, 0.05) is 18.5 Å². The maximum Gasteiger partial charge on any atom is 0.227 e. The van der Waals surface area contributed by atoms with Crippen molar-refractivity contribution in [1.82, 2.24) is 0 Å². The number of nitrogen functional groups attached to an aromatic ring is 1. The van der Waals surface area contributed by atoms with Gasteiger partial charge in [-0.25, -0.2) is 0 Å². The maximum atomic E-state index is 12.5. The topological polar surface area (TPSA) is 46.3 Å². The fourth-order valence-electron chi connectivity index (χ4n) is 3.93. The Morgan fingerprint density at radius 3 is 2.85 bits per heavy atom. The quantitative estimate of drug-likeness (QED) is 0.863. The molecule has 0 heterocycles. The van der Waals surface area contributed by atoms with Gasteiger partial charge in [-0.15, -0.1) is 0 Å². The van der Waals surface area contributed by atoms with Crippen molar-refractivity contribution < 1.29 is 4.79 Å². The van der Waals surface area contributed by atoms with E-state index in [0.29, 0.717) is 28.7 Å². The summed E-state index contributed by atoms with van der Waals surface area (Å²) in [5.74, 6) is 2.37. The summed E-state index contributed by atoms with van der Waals surface area (Å²) in [6.07, 6.45) is 5.89. The average Bonchev–Trinajstić information content (AvgIpc) is 3.03. The van der Waals surface area contributed by atoms with Crippen molar-refractivity contribution in [2.75, 3.05) is 17.7 Å². The Morgan fingerprint density at radius 1 is 1.40 bits per heavy atom. The molecule has 2 N–H and O–H groups in total. The molecule has 0 radical (unpaired) electrons. The molecular formula is C16H21ClN2O. The maximum absolute atomic E-state index is 12.5. The van der Waals surface area contributed by atoms with Crippen LogP contribution in [-0.2, 0) is 4.79 Å². The average molecular weight is 293 g/mol. The highest BCUT2D eigenvalue weighted by Gasteiger charge is 2.40. The van der Waals surface area contributed by atoms with Crippen LogP contribution in [0.4, 0.5) is 11.4 Å². The summed E-state index contributed by atoms with van der Waals surface area (Å²) >= 11 is 5.99. The Kier molecular flexibility index (Phi) is 3.63. The highest BCUT2D eigenvalue weighted by Crippen LogP contribution is 2.49. The van der Waals surface area contributed by atoms with Crippen molar-refractivity contribution in [2.24, 2.45) is 17.8 Å². The molecule has 2 saturated carbocycles. The van der Waals surface area contributed by atoms with E-state index in [1.165, 1.54) is 25.7 Å². The lowest BCUT2D eigenvalue weighted by molar-refractivity contribution is -0.119. The third kappa shape index (κ3) is 2.51. The van der Waals surface area contributed by atoms with Crippen LogP contribution in [0.1, 0.15) is 32.1 Å². The van der Waals surface area contributed by atoms with Crippen LogP contribution in [0.5, 0.6) is 0 Å². The van der Waals surface area contributed by atoms with Gasteiger partial charge in [-0.2, -0.15) is 0 Å². The lowest BCUT2D eigenvalue weighted by atomic mass is 9.86. The van der Waals surface area contributed by atoms with E-state index in [-0.39, 0.29) is 5.91 Å². The molecule has 0 aliphatic heterocycles. The number of nitrogens with two attached hydrogens (primary N) is 1. The third-order valence-electron chi connectivity index (χ3n) is 5.05. The predicted molar refractivity (Wildman–Crippen MR) is 82.8 cm³/mol. The number of carbonyl (C=O) groups excluding carboxylic acids is 1. The predicted octanol–water partition coefficient (Wildman–Crippen LogP) is 3.71. The van der Waals surface area contributed by atoms with E-state index < -0.39 is 0 Å². The summed E-state index contributed by atoms with van der Waals surface area (Å²) in [4.78, 5) is 14.1. The molecule has 3 unspecified atom stereocenters. The molecule has 1 aromatic carbocycles. The van der Waals surface area contributed by atoms with E-state index >= 15 is 0 Å². The largest absolute Gasteiger partial charge is 0.397 e. The molecule has 3 nitrogen and oxygen atoms in total. The number of fused-ring (bicyclic) bond motifs is 2. The van der Waals surface area contributed by atoms with E-state index in [1.807, 2.05) is 0 Å². The second-order valence-electron chi connectivity index (χ2n) is 6.29. The molecule has 108 valence electrons. The van der Waals surface area contributed by atoms with E-state index in [9.17, 15) is 4.79 Å². The van der Waals surface area contributed by atoms with E-state index in [4.69, 9.17) is 17.3 Å². The summed E-state index contributed by atoms with van der Waals surface area (Å²) in [6.45, 7) is 0. The second-order valence-corrected chi connectivity index (χ2v) is 6.73. The summed E-state index contributed by atoms with van der Waals surface area (Å²) in [5.41, 5.74) is 7.25. The van der Waals surface area contributed by atoms with Gasteiger partial charge in [-0.1, -0.05) is 18.0 Å². The minimum absolute atomic E-state index is 0.150. The summed E-state index contributed by atoms with van der Waals surface area (Å²) in [6, 6.07) is 5.25. The van der Waals surface area contributed by atoms with E-state index in [2.05, 4.69) is 0 Å². The van der Waals surface area contributed by atoms with Crippen molar-refractivity contribution in [2.45, 2.75) is 32.1 Å². The minimum Gasteiger partial charge on any atom is -0.397 e. The van der Waals surface area contributed by atoms with Crippen LogP contribution in [-0.4, -0.2) is 13.0 Å². The van der Waals surface area contributed by atoms with Gasteiger partial charge in [-0.05, 0) is 55.2 Å². The van der Waals surface area contributed by atoms with Gasteiger partial charge in [0.05, 0.1) is 11.4 Å². The first-order chi connectivity index (χ1) is 9.54. The molecule has 20 heavy (non-hydrogen) atoms. The standard InChI is InChI=1S/C16H21ClN2O/c1-19(15-9-13(17)4-5-14(15)18)16(20)8-12-7-10-2-3-11(12)6-10/h4-5,9-12H,2-3,6-8,18H2,1H3. The van der Waals surface area contributed by atoms with Crippen LogP contribution in [0.2, 0.25) is 5.02 Å². The molecule has 3 rings (SSSR count). The first-order valence-corrected chi connectivity index (χ1v) is 7.74. The number of nitrogens with zero attached hydrogens (tertiary/aromatic N) is 1. The molecule has 2 aliphatic rings. The van der Waals surface area contributed by atoms with Crippen molar-refractivity contribution >= 4 is 28.9 Å². The lowest BCUT2D eigenvalue weighted by Gasteiger charge is -2.25. The van der Waals surface area contributed by atoms with Gasteiger partial charge in [0.1, 0.15) is 0 Å². The van der Waals surface area contributed by atoms with Crippen molar-refractivity contribution in [1.29, 1.82) is 0 Å². The summed E-state index contributed by atoms with van der Waals surface area (Å²) in [7, 11) is 1.79. The molecule has 0 spiro atoms. The number of hydrogen-bond acceptors (Lipinski definition) is 2. The van der Waals surface area contributed by atoms with Gasteiger partial charge >= 0.3 is 0 Å². The first kappa shape index (κ1) is 13.7. The Balaban J connectivity index is 1.69. The van der Waals surface area contributed by atoms with Crippen LogP contribution in [0, 0.1) is 17.8 Å². The Hall–Kier alpha value is -1.22. The minimum atomic E-state index is 0.150. The molecule has 3 atom stereocenters. The molecule has 1 amide bonds. The van der Waals surface area contributed by atoms with E-state index in [1.54, 1.807) is 30.1 Å².